The van der Waals surface area contributed by atoms with Crippen molar-refractivity contribution in [2.75, 3.05) is 23.8 Å². The first-order valence-electron chi connectivity index (χ1n) is 24.0. The first-order valence-corrected chi connectivity index (χ1v) is 24.0. The third-order valence-electron chi connectivity index (χ3n) is 12.2. The van der Waals surface area contributed by atoms with E-state index in [1.807, 2.05) is 91.4 Å². The first-order chi connectivity index (χ1) is 36.0. The largest absolute Gasteiger partial charge is 0.375 e. The average molecular weight is 997 g/mol. The number of pyridine rings is 2. The van der Waals surface area contributed by atoms with Gasteiger partial charge < -0.3 is 38.4 Å². The summed E-state index contributed by atoms with van der Waals surface area (Å²) in [5, 5.41) is 22.8. The molecule has 0 atom stereocenters. The Morgan fingerprint density at radius 1 is 0.568 bits per heavy atom. The van der Waals surface area contributed by atoms with Gasteiger partial charge in [0.05, 0.1) is 72.3 Å². The van der Waals surface area contributed by atoms with Crippen molar-refractivity contribution in [1.82, 2.24) is 58.6 Å². The third-order valence-corrected chi connectivity index (χ3v) is 12.2. The lowest BCUT2D eigenvalue weighted by atomic mass is 10.1. The number of fused-ring (bicyclic) bond motifs is 2. The van der Waals surface area contributed by atoms with Crippen molar-refractivity contribution >= 4 is 45.5 Å². The zero-order valence-electron chi connectivity index (χ0n) is 40.9. The Balaban J connectivity index is 0.769. The summed E-state index contributed by atoms with van der Waals surface area (Å²) >= 11 is 0. The number of hydrogen-bond acceptors (Lipinski definition) is 12. The topological polar surface area (TPSA) is 200 Å². The molecule has 0 saturated heterocycles. The van der Waals surface area contributed by atoms with Gasteiger partial charge in [-0.1, -0.05) is 60.7 Å². The van der Waals surface area contributed by atoms with E-state index in [0.717, 1.165) is 16.7 Å². The zero-order valence-corrected chi connectivity index (χ0v) is 40.9. The number of halogens is 2. The summed E-state index contributed by atoms with van der Waals surface area (Å²) in [7, 11) is 0. The standard InChI is InChI=1S/C54H50F2N14O4/c1-33(2)69-32-59-64-51(69)42-15-9-17-48(60-42)63-54(72)39-25-46-45(26-40(39)55)58-31-67(46)19-22-74-29-36-13-8-14-37(23-36)50-65-66-52(70(50)34(3)4)43-16-10-18-49(61-43)62-53(71)38-24-44-47(27-41(38)56)68(30-57-44)20-21-73-28-35-11-6-5-7-12-35/h5-18,23-27,30-34H,19-22,28-29H2,1-4H3,(H,60,63,72)(H,61,62,71). The average Bonchev–Trinajstić information content (AvgIpc) is 4.24. The Morgan fingerprint density at radius 2 is 1.14 bits per heavy atom. The van der Waals surface area contributed by atoms with Crippen LogP contribution in [0.15, 0.2) is 134 Å². The number of amides is 2. The zero-order chi connectivity index (χ0) is 51.3. The number of carbonyl (C=O) groups is 2. The molecule has 6 aromatic heterocycles. The molecule has 10 aromatic rings. The summed E-state index contributed by atoms with van der Waals surface area (Å²) in [6.45, 7) is 10.3. The molecule has 0 aliphatic rings. The van der Waals surface area contributed by atoms with E-state index in [2.05, 4.69) is 46.0 Å². The van der Waals surface area contributed by atoms with Crippen LogP contribution in [0.3, 0.4) is 0 Å². The molecule has 0 fully saturated rings. The maximum absolute atomic E-state index is 15.6. The molecule has 20 heteroatoms. The summed E-state index contributed by atoms with van der Waals surface area (Å²) in [4.78, 5) is 45.0. The number of imidazole rings is 2. The number of rotatable bonds is 19. The van der Waals surface area contributed by atoms with Crippen LogP contribution in [-0.2, 0) is 35.8 Å². The maximum Gasteiger partial charge on any atom is 0.259 e. The summed E-state index contributed by atoms with van der Waals surface area (Å²) in [6, 6.07) is 33.3. The van der Waals surface area contributed by atoms with Crippen LogP contribution in [0, 0.1) is 11.6 Å². The second kappa shape index (κ2) is 21.5. The number of nitrogens with zero attached hydrogens (tertiary/aromatic N) is 12. The Kier molecular flexibility index (Phi) is 14.1. The van der Waals surface area contributed by atoms with E-state index in [-0.39, 0.29) is 48.1 Å². The molecule has 18 nitrogen and oxygen atoms in total. The molecule has 2 N–H and O–H groups in total. The van der Waals surface area contributed by atoms with Crippen molar-refractivity contribution < 1.29 is 27.8 Å². The molecule has 10 rings (SSSR count). The highest BCUT2D eigenvalue weighted by Crippen LogP contribution is 2.30. The molecule has 0 aliphatic carbocycles. The Morgan fingerprint density at radius 3 is 1.80 bits per heavy atom. The number of aromatic nitrogens is 12. The highest BCUT2D eigenvalue weighted by molar-refractivity contribution is 6.06. The fourth-order valence-corrected chi connectivity index (χ4v) is 8.52. The number of hydrogen-bond donors (Lipinski definition) is 2. The number of ether oxygens (including phenoxy) is 2. The Hall–Kier alpha value is -8.88. The van der Waals surface area contributed by atoms with Crippen LogP contribution in [0.5, 0.6) is 0 Å². The van der Waals surface area contributed by atoms with Crippen molar-refractivity contribution in [3.05, 3.63) is 168 Å². The molecule has 0 saturated carbocycles. The van der Waals surface area contributed by atoms with E-state index in [1.165, 1.54) is 24.3 Å². The van der Waals surface area contributed by atoms with Gasteiger partial charge in [-0.15, -0.1) is 20.4 Å². The van der Waals surface area contributed by atoms with E-state index in [0.29, 0.717) is 77.2 Å². The van der Waals surface area contributed by atoms with E-state index in [4.69, 9.17) is 14.5 Å². The van der Waals surface area contributed by atoms with Gasteiger partial charge in [0.15, 0.2) is 17.5 Å². The summed E-state index contributed by atoms with van der Waals surface area (Å²) < 4.78 is 50.3. The molecular formula is C54H50F2N14O4. The van der Waals surface area contributed by atoms with Gasteiger partial charge in [-0.2, -0.15) is 0 Å². The summed E-state index contributed by atoms with van der Waals surface area (Å²) in [6.07, 6.45) is 4.81. The smallest absolute Gasteiger partial charge is 0.259 e. The predicted molar refractivity (Wildman–Crippen MR) is 274 cm³/mol. The highest BCUT2D eigenvalue weighted by atomic mass is 19.1. The van der Waals surface area contributed by atoms with Crippen molar-refractivity contribution in [1.29, 1.82) is 0 Å². The normalized spacial score (nSPS) is 11.6. The van der Waals surface area contributed by atoms with Gasteiger partial charge in [0, 0.05) is 42.9 Å². The first kappa shape index (κ1) is 48.7. The Bertz CT molecular complexity index is 3640. The van der Waals surface area contributed by atoms with E-state index < -0.39 is 23.4 Å². The van der Waals surface area contributed by atoms with E-state index in [1.54, 1.807) is 64.5 Å². The van der Waals surface area contributed by atoms with Crippen LogP contribution in [-0.4, -0.2) is 83.6 Å². The fourth-order valence-electron chi connectivity index (χ4n) is 8.52. The lowest BCUT2D eigenvalue weighted by Gasteiger charge is -2.15. The molecule has 0 spiro atoms. The van der Waals surface area contributed by atoms with Gasteiger partial charge in [-0.25, -0.2) is 28.7 Å². The van der Waals surface area contributed by atoms with Crippen LogP contribution in [0.4, 0.5) is 20.4 Å². The number of anilines is 2. The Labute approximate surface area is 423 Å². The minimum absolute atomic E-state index is 0.0917. The van der Waals surface area contributed by atoms with Gasteiger partial charge in [-0.05, 0) is 81.3 Å². The molecule has 0 bridgehead atoms. The number of carbonyl (C=O) groups excluding carboxylic acids is 2. The molecule has 2 amide bonds. The van der Waals surface area contributed by atoms with Crippen LogP contribution >= 0.6 is 0 Å². The number of benzene rings is 4. The van der Waals surface area contributed by atoms with Gasteiger partial charge in [0.25, 0.3) is 11.8 Å². The minimum atomic E-state index is -0.716. The van der Waals surface area contributed by atoms with Crippen LogP contribution in [0.25, 0.3) is 56.5 Å². The summed E-state index contributed by atoms with van der Waals surface area (Å²) in [5.74, 6) is -0.697. The molecule has 4 aromatic carbocycles. The quantitative estimate of drug-likeness (QED) is 0.0728. The summed E-state index contributed by atoms with van der Waals surface area (Å²) in [5.41, 5.74) is 5.34. The molecule has 374 valence electrons. The lowest BCUT2D eigenvalue weighted by molar-refractivity contribution is 0.101. The van der Waals surface area contributed by atoms with Crippen molar-refractivity contribution in [2.45, 2.75) is 66.1 Å². The van der Waals surface area contributed by atoms with Crippen LogP contribution in [0.2, 0.25) is 0 Å². The van der Waals surface area contributed by atoms with E-state index >= 15 is 8.78 Å². The predicted octanol–water partition coefficient (Wildman–Crippen LogP) is 9.74. The van der Waals surface area contributed by atoms with Gasteiger partial charge in [0.2, 0.25) is 0 Å². The van der Waals surface area contributed by atoms with Crippen LogP contribution in [0.1, 0.15) is 71.6 Å². The lowest BCUT2D eigenvalue weighted by Crippen LogP contribution is -2.15. The molecular weight excluding hydrogens is 947 g/mol. The third kappa shape index (κ3) is 10.5. The van der Waals surface area contributed by atoms with Gasteiger partial charge in [-0.3, -0.25) is 9.59 Å². The molecule has 6 heterocycles. The second-order valence-electron chi connectivity index (χ2n) is 18.0. The van der Waals surface area contributed by atoms with Crippen LogP contribution < -0.4 is 10.6 Å². The molecule has 74 heavy (non-hydrogen) atoms. The molecule has 0 aliphatic heterocycles. The minimum Gasteiger partial charge on any atom is -0.375 e. The van der Waals surface area contributed by atoms with Gasteiger partial charge >= 0.3 is 0 Å². The second-order valence-corrected chi connectivity index (χ2v) is 18.0. The highest BCUT2D eigenvalue weighted by Gasteiger charge is 2.22. The number of nitrogens with one attached hydrogen (secondary N) is 2. The monoisotopic (exact) mass is 996 g/mol. The van der Waals surface area contributed by atoms with Crippen molar-refractivity contribution in [3.63, 3.8) is 0 Å². The molecule has 0 unspecified atom stereocenters. The van der Waals surface area contributed by atoms with Gasteiger partial charge in [0.1, 0.15) is 41.0 Å². The van der Waals surface area contributed by atoms with Crippen molar-refractivity contribution in [3.8, 4) is 34.4 Å². The SMILES string of the molecule is CC(C)n1cnnc1-c1cccc(NC(=O)c2cc3c(cc2F)ncn3CCOCc2cccc(-c3nnc(-c4cccc(NC(=O)c5cc6ncn(CCOCc7ccccc7)c6cc5F)n4)n3C(C)C)c2)n1. The van der Waals surface area contributed by atoms with E-state index in [9.17, 15) is 9.59 Å². The fraction of sp³-hybridized carbons (Fsp3) is 0.222. The van der Waals surface area contributed by atoms with Crippen molar-refractivity contribution in [2.24, 2.45) is 0 Å². The maximum atomic E-state index is 15.6. The molecule has 0 radical (unpaired) electrons.